The molecule has 6 nitrogen and oxygen atoms in total. The van der Waals surface area contributed by atoms with Gasteiger partial charge in [-0.1, -0.05) is 18.2 Å². The van der Waals surface area contributed by atoms with Crippen LogP contribution >= 0.6 is 0 Å². The van der Waals surface area contributed by atoms with Gasteiger partial charge in [0.1, 0.15) is 11.8 Å². The molecule has 0 aliphatic rings. The number of amides is 1. The normalized spacial score (nSPS) is 12.7. The molecule has 1 atom stereocenters. The van der Waals surface area contributed by atoms with Crippen LogP contribution in [0.4, 0.5) is 5.69 Å². The molecule has 0 bridgehead atoms. The molecule has 0 aliphatic heterocycles. The lowest BCUT2D eigenvalue weighted by Gasteiger charge is -2.23. The molecule has 1 aromatic carbocycles. The van der Waals surface area contributed by atoms with E-state index >= 15 is 0 Å². The first-order valence-electron chi connectivity index (χ1n) is 5.50. The molecule has 104 valence electrons. The summed E-state index contributed by atoms with van der Waals surface area (Å²) in [5.74, 6) is -1.96. The predicted molar refractivity (Wildman–Crippen MR) is 70.7 cm³/mol. The van der Waals surface area contributed by atoms with Crippen molar-refractivity contribution >= 4 is 27.4 Å². The van der Waals surface area contributed by atoms with Crippen molar-refractivity contribution in [3.63, 3.8) is 0 Å². The van der Waals surface area contributed by atoms with E-state index in [0.29, 0.717) is 5.69 Å². The molecular weight excluding hydrogens is 270 g/mol. The van der Waals surface area contributed by atoms with Gasteiger partial charge in [-0.25, -0.2) is 8.42 Å². The van der Waals surface area contributed by atoms with Crippen LogP contribution in [0.5, 0.6) is 0 Å². The Labute approximate surface area is 111 Å². The summed E-state index contributed by atoms with van der Waals surface area (Å²) in [6, 6.07) is 8.10. The van der Waals surface area contributed by atoms with Gasteiger partial charge < -0.3 is 10.0 Å². The quantitative estimate of drug-likeness (QED) is 0.852. The zero-order valence-corrected chi connectivity index (χ0v) is 11.4. The molecule has 7 heteroatoms. The van der Waals surface area contributed by atoms with E-state index in [1.807, 2.05) is 0 Å². The molecule has 0 heterocycles. The lowest BCUT2D eigenvalue weighted by molar-refractivity contribution is -0.136. The number of hydrogen-bond acceptors (Lipinski definition) is 4. The highest BCUT2D eigenvalue weighted by Gasteiger charge is 2.30. The first-order chi connectivity index (χ1) is 8.73. The number of nitrogens with zero attached hydrogens (tertiary/aromatic N) is 1. The van der Waals surface area contributed by atoms with Crippen molar-refractivity contribution in [2.24, 2.45) is 0 Å². The number of carbonyl (C=O) groups excluding carboxylic acids is 1. The smallest absolute Gasteiger partial charge is 0.323 e. The minimum atomic E-state index is -3.58. The highest BCUT2D eigenvalue weighted by atomic mass is 32.2. The molecule has 1 unspecified atom stereocenters. The summed E-state index contributed by atoms with van der Waals surface area (Å²) in [7, 11) is -3.58. The van der Waals surface area contributed by atoms with Gasteiger partial charge in [-0.05, 0) is 19.1 Å². The number of carboxylic acids is 1. The molecule has 0 fully saturated rings. The predicted octanol–water partition coefficient (Wildman–Crippen LogP) is 0.537. The van der Waals surface area contributed by atoms with Gasteiger partial charge in [-0.15, -0.1) is 0 Å². The Bertz CT molecular complexity index is 567. The number of hydrogen-bond donors (Lipinski definition) is 1. The van der Waals surface area contributed by atoms with Crippen molar-refractivity contribution < 1.29 is 23.1 Å². The maximum Gasteiger partial charge on any atom is 0.323 e. The van der Waals surface area contributed by atoms with Gasteiger partial charge in [0.05, 0.1) is 0 Å². The summed E-state index contributed by atoms with van der Waals surface area (Å²) in [5.41, 5.74) is 0.352. The van der Waals surface area contributed by atoms with Gasteiger partial charge in [0.2, 0.25) is 5.91 Å². The van der Waals surface area contributed by atoms with Crippen LogP contribution in [-0.4, -0.2) is 43.5 Å². The second-order valence-electron chi connectivity index (χ2n) is 4.13. The van der Waals surface area contributed by atoms with E-state index in [0.717, 1.165) is 11.2 Å². The first kappa shape index (κ1) is 15.2. The summed E-state index contributed by atoms with van der Waals surface area (Å²) >= 11 is 0. The molecule has 1 rings (SSSR count). The van der Waals surface area contributed by atoms with Crippen LogP contribution in [0.25, 0.3) is 0 Å². The van der Waals surface area contributed by atoms with E-state index in [1.165, 1.54) is 6.92 Å². The maximum atomic E-state index is 12.1. The summed E-state index contributed by atoms with van der Waals surface area (Å²) in [5, 5.41) is 7.55. The molecule has 0 aliphatic carbocycles. The number of aliphatic carboxylic acids is 1. The zero-order chi connectivity index (χ0) is 14.6. The van der Waals surface area contributed by atoms with E-state index in [1.54, 1.807) is 30.3 Å². The Morgan fingerprint density at radius 1 is 1.26 bits per heavy atom. The molecule has 0 spiro atoms. The Morgan fingerprint density at radius 2 is 1.79 bits per heavy atom. The number of carboxylic acid groups (broad SMARTS) is 1. The minimum Gasteiger partial charge on any atom is -0.480 e. The number of para-hydroxylation sites is 1. The van der Waals surface area contributed by atoms with E-state index < -0.39 is 33.5 Å². The molecule has 1 N–H and O–H groups in total. The monoisotopic (exact) mass is 285 g/mol. The molecule has 0 saturated heterocycles. The lowest BCUT2D eigenvalue weighted by atomic mass is 10.2. The second kappa shape index (κ2) is 5.83. The van der Waals surface area contributed by atoms with Crippen LogP contribution < -0.4 is 4.90 Å². The van der Waals surface area contributed by atoms with Crippen molar-refractivity contribution in [3.8, 4) is 0 Å². The third kappa shape index (κ3) is 4.06. The van der Waals surface area contributed by atoms with Gasteiger partial charge in [-0.2, -0.15) is 0 Å². The van der Waals surface area contributed by atoms with E-state index in [9.17, 15) is 18.0 Å². The summed E-state index contributed by atoms with van der Waals surface area (Å²) in [4.78, 5) is 23.9. The second-order valence-corrected chi connectivity index (χ2v) is 6.49. The van der Waals surface area contributed by atoms with Gasteiger partial charge in [0.15, 0.2) is 9.84 Å². The maximum absolute atomic E-state index is 12.1. The number of benzene rings is 1. The SMILES string of the molecule is CC(C(=O)N(CC(=O)O)c1ccccc1)S(C)(=O)=O. The fraction of sp³-hybridized carbons (Fsp3) is 0.333. The van der Waals surface area contributed by atoms with Crippen LogP contribution in [0.1, 0.15) is 6.92 Å². The van der Waals surface area contributed by atoms with Gasteiger partial charge in [0.25, 0.3) is 0 Å². The highest BCUT2D eigenvalue weighted by Crippen LogP contribution is 2.16. The van der Waals surface area contributed by atoms with Gasteiger partial charge in [-0.3, -0.25) is 9.59 Å². The number of anilines is 1. The Morgan fingerprint density at radius 3 is 2.21 bits per heavy atom. The average molecular weight is 285 g/mol. The molecule has 0 saturated carbocycles. The largest absolute Gasteiger partial charge is 0.480 e. The number of rotatable bonds is 5. The van der Waals surface area contributed by atoms with Crippen molar-refractivity contribution in [3.05, 3.63) is 30.3 Å². The third-order valence-electron chi connectivity index (χ3n) is 2.62. The molecule has 0 radical (unpaired) electrons. The van der Waals surface area contributed by atoms with Crippen molar-refractivity contribution in [1.29, 1.82) is 0 Å². The van der Waals surface area contributed by atoms with Crippen molar-refractivity contribution in [1.82, 2.24) is 0 Å². The van der Waals surface area contributed by atoms with E-state index in [4.69, 9.17) is 5.11 Å². The number of sulfone groups is 1. The molecule has 0 aromatic heterocycles. The average Bonchev–Trinajstić information content (AvgIpc) is 2.34. The Balaban J connectivity index is 3.12. The van der Waals surface area contributed by atoms with E-state index in [2.05, 4.69) is 0 Å². The van der Waals surface area contributed by atoms with Crippen LogP contribution in [0, 0.1) is 0 Å². The van der Waals surface area contributed by atoms with Crippen molar-refractivity contribution in [2.75, 3.05) is 17.7 Å². The van der Waals surface area contributed by atoms with Gasteiger partial charge >= 0.3 is 5.97 Å². The Kier molecular flexibility index (Phi) is 4.66. The zero-order valence-electron chi connectivity index (χ0n) is 10.6. The molecule has 19 heavy (non-hydrogen) atoms. The van der Waals surface area contributed by atoms with E-state index in [-0.39, 0.29) is 0 Å². The first-order valence-corrected chi connectivity index (χ1v) is 7.46. The summed E-state index contributed by atoms with van der Waals surface area (Å²) < 4.78 is 22.8. The van der Waals surface area contributed by atoms with Crippen LogP contribution in [0.15, 0.2) is 30.3 Å². The topological polar surface area (TPSA) is 91.8 Å². The number of carbonyl (C=O) groups is 2. The standard InChI is InChI=1S/C12H15NO5S/c1-9(19(2,17)18)12(16)13(8-11(14)15)10-6-4-3-5-7-10/h3-7,9H,8H2,1-2H3,(H,14,15). The third-order valence-corrected chi connectivity index (χ3v) is 4.10. The van der Waals surface area contributed by atoms with Crippen LogP contribution in [0.2, 0.25) is 0 Å². The Hall–Kier alpha value is -1.89. The highest BCUT2D eigenvalue weighted by molar-refractivity contribution is 7.92. The van der Waals surface area contributed by atoms with Gasteiger partial charge in [0, 0.05) is 11.9 Å². The fourth-order valence-corrected chi connectivity index (χ4v) is 1.94. The van der Waals surface area contributed by atoms with Crippen LogP contribution in [-0.2, 0) is 19.4 Å². The summed E-state index contributed by atoms with van der Waals surface area (Å²) in [6.45, 7) is 0.665. The molecule has 1 aromatic rings. The molecular formula is C12H15NO5S. The molecule has 1 amide bonds. The lowest BCUT2D eigenvalue weighted by Crippen LogP contribution is -2.44. The summed E-state index contributed by atoms with van der Waals surface area (Å²) in [6.07, 6.45) is 0.944. The van der Waals surface area contributed by atoms with Crippen molar-refractivity contribution in [2.45, 2.75) is 12.2 Å². The fourth-order valence-electron chi connectivity index (χ4n) is 1.44. The minimum absolute atomic E-state index is 0.352. The van der Waals surface area contributed by atoms with Crippen LogP contribution in [0.3, 0.4) is 0 Å².